The summed E-state index contributed by atoms with van der Waals surface area (Å²) in [6.07, 6.45) is 0. The van der Waals surface area contributed by atoms with Crippen molar-refractivity contribution >= 4 is 39.2 Å². The molecule has 5 rings (SSSR count). The van der Waals surface area contributed by atoms with Gasteiger partial charge in [-0.25, -0.2) is 0 Å². The number of aromatic nitrogens is 4. The molecule has 4 aromatic rings. The minimum atomic E-state index is -0.537. The number of methoxy groups -OCH3 is 1. The first kappa shape index (κ1) is 18.9. The third kappa shape index (κ3) is 3.20. The monoisotopic (exact) mass is 434 g/mol. The molecule has 0 aliphatic carbocycles. The molecule has 2 aromatic heterocycles. The number of hydrogen-bond acceptors (Lipinski definition) is 8. The molecule has 11 heteroatoms. The first-order chi connectivity index (χ1) is 15.0. The number of carbonyl (C=O) groups excluding carboxylic acids is 3. The predicted molar refractivity (Wildman–Crippen MR) is 111 cm³/mol. The average molecular weight is 434 g/mol. The average Bonchev–Trinajstić information content (AvgIpc) is 3.42. The molecule has 0 bridgehead atoms. The summed E-state index contributed by atoms with van der Waals surface area (Å²) in [6.45, 7) is -0.405. The summed E-state index contributed by atoms with van der Waals surface area (Å²) in [5.41, 5.74) is 1.37. The van der Waals surface area contributed by atoms with E-state index in [0.29, 0.717) is 27.7 Å². The molecule has 0 atom stereocenters. The van der Waals surface area contributed by atoms with Gasteiger partial charge < -0.3 is 4.74 Å². The molecule has 0 saturated heterocycles. The minimum absolute atomic E-state index is 0.279. The largest absolute Gasteiger partial charge is 0.497 e. The number of amides is 3. The van der Waals surface area contributed by atoms with Gasteiger partial charge in [0, 0.05) is 5.56 Å². The predicted octanol–water partition coefficient (Wildman–Crippen LogP) is 2.10. The maximum absolute atomic E-state index is 12.5. The van der Waals surface area contributed by atoms with Crippen LogP contribution in [0.15, 0.2) is 48.5 Å². The number of ether oxygens (including phenoxy) is 1. The highest BCUT2D eigenvalue weighted by Gasteiger charge is 2.36. The van der Waals surface area contributed by atoms with E-state index in [9.17, 15) is 14.4 Å². The second kappa shape index (κ2) is 7.29. The number of carbonyl (C=O) groups is 3. The smallest absolute Gasteiger partial charge is 0.262 e. The van der Waals surface area contributed by atoms with Crippen molar-refractivity contribution in [3.8, 4) is 17.1 Å². The molecule has 10 nitrogen and oxygen atoms in total. The fourth-order valence-electron chi connectivity index (χ4n) is 3.27. The highest BCUT2D eigenvalue weighted by molar-refractivity contribution is 7.20. The van der Waals surface area contributed by atoms with Crippen LogP contribution in [-0.4, -0.2) is 56.1 Å². The Labute approximate surface area is 179 Å². The van der Waals surface area contributed by atoms with Crippen molar-refractivity contribution in [3.63, 3.8) is 0 Å². The van der Waals surface area contributed by atoms with E-state index in [1.807, 2.05) is 12.1 Å². The third-order valence-electron chi connectivity index (χ3n) is 4.77. The zero-order valence-electron chi connectivity index (χ0n) is 16.1. The summed E-state index contributed by atoms with van der Waals surface area (Å²) in [5, 5.41) is 15.5. The Morgan fingerprint density at radius 3 is 2.35 bits per heavy atom. The van der Waals surface area contributed by atoms with Crippen LogP contribution in [0.5, 0.6) is 5.75 Å². The van der Waals surface area contributed by atoms with Crippen LogP contribution in [-0.2, 0) is 4.79 Å². The van der Waals surface area contributed by atoms with Gasteiger partial charge in [0.2, 0.25) is 16.0 Å². The molecular formula is C20H14N6O4S. The zero-order valence-corrected chi connectivity index (χ0v) is 16.9. The van der Waals surface area contributed by atoms with E-state index in [2.05, 4.69) is 20.6 Å². The van der Waals surface area contributed by atoms with Gasteiger partial charge in [0.25, 0.3) is 11.8 Å². The molecule has 0 spiro atoms. The number of imide groups is 1. The van der Waals surface area contributed by atoms with Gasteiger partial charge in [-0.05, 0) is 36.4 Å². The van der Waals surface area contributed by atoms with Crippen molar-refractivity contribution in [3.05, 3.63) is 59.7 Å². The summed E-state index contributed by atoms with van der Waals surface area (Å²) in [7, 11) is 1.58. The lowest BCUT2D eigenvalue weighted by atomic mass is 10.1. The van der Waals surface area contributed by atoms with Crippen LogP contribution in [0.4, 0.5) is 5.13 Å². The van der Waals surface area contributed by atoms with Crippen molar-refractivity contribution in [2.75, 3.05) is 19.0 Å². The van der Waals surface area contributed by atoms with Crippen LogP contribution in [0.3, 0.4) is 0 Å². The zero-order chi connectivity index (χ0) is 21.5. The Morgan fingerprint density at radius 1 is 1.03 bits per heavy atom. The summed E-state index contributed by atoms with van der Waals surface area (Å²) in [5.74, 6) is -0.296. The molecule has 31 heavy (non-hydrogen) atoms. The maximum Gasteiger partial charge on any atom is 0.262 e. The molecule has 1 aliphatic rings. The lowest BCUT2D eigenvalue weighted by Crippen LogP contribution is -2.37. The number of anilines is 1. The normalized spacial score (nSPS) is 13.0. The minimum Gasteiger partial charge on any atom is -0.497 e. The maximum atomic E-state index is 12.5. The standard InChI is InChI=1S/C20H14N6O4S/c1-30-12-8-6-11(7-9-12)16-22-23-20-26(16)24-19(31-20)21-15(27)10-25-17(28)13-4-2-3-5-14(13)18(25)29/h2-9H,10H2,1H3,(H,21,24,27). The summed E-state index contributed by atoms with van der Waals surface area (Å²) >= 11 is 1.13. The summed E-state index contributed by atoms with van der Waals surface area (Å²) in [4.78, 5) is 38.7. The molecule has 2 aromatic carbocycles. The number of benzene rings is 2. The summed E-state index contributed by atoms with van der Waals surface area (Å²) in [6, 6.07) is 13.7. The van der Waals surface area contributed by atoms with E-state index in [-0.39, 0.29) is 5.13 Å². The van der Waals surface area contributed by atoms with E-state index in [0.717, 1.165) is 21.8 Å². The molecule has 0 fully saturated rings. The fraction of sp³-hybridized carbons (Fsp3) is 0.100. The van der Waals surface area contributed by atoms with Gasteiger partial charge in [-0.2, -0.15) is 4.52 Å². The second-order valence-electron chi connectivity index (χ2n) is 6.64. The van der Waals surface area contributed by atoms with Crippen molar-refractivity contribution < 1.29 is 19.1 Å². The van der Waals surface area contributed by atoms with Gasteiger partial charge in [0.05, 0.1) is 18.2 Å². The number of hydrogen-bond donors (Lipinski definition) is 1. The van der Waals surface area contributed by atoms with Crippen LogP contribution in [0.2, 0.25) is 0 Å². The van der Waals surface area contributed by atoms with Crippen LogP contribution < -0.4 is 10.1 Å². The molecule has 3 amide bonds. The van der Waals surface area contributed by atoms with Crippen LogP contribution in [0.1, 0.15) is 20.7 Å². The van der Waals surface area contributed by atoms with Gasteiger partial charge in [-0.15, -0.1) is 15.3 Å². The molecule has 0 radical (unpaired) electrons. The lowest BCUT2D eigenvalue weighted by Gasteiger charge is -2.12. The molecule has 1 N–H and O–H groups in total. The van der Waals surface area contributed by atoms with Crippen LogP contribution >= 0.6 is 11.3 Å². The highest BCUT2D eigenvalue weighted by Crippen LogP contribution is 2.26. The lowest BCUT2D eigenvalue weighted by molar-refractivity contribution is -0.116. The van der Waals surface area contributed by atoms with Gasteiger partial charge in [0.1, 0.15) is 12.3 Å². The number of fused-ring (bicyclic) bond motifs is 2. The van der Waals surface area contributed by atoms with E-state index in [1.54, 1.807) is 43.5 Å². The molecule has 1 aliphatic heterocycles. The van der Waals surface area contributed by atoms with Crippen LogP contribution in [0, 0.1) is 0 Å². The topological polar surface area (TPSA) is 119 Å². The van der Waals surface area contributed by atoms with Crippen molar-refractivity contribution in [1.82, 2.24) is 24.7 Å². The Morgan fingerprint density at radius 2 is 1.71 bits per heavy atom. The Balaban J connectivity index is 1.33. The number of nitrogens with zero attached hydrogens (tertiary/aromatic N) is 5. The molecule has 154 valence electrons. The van der Waals surface area contributed by atoms with Crippen LogP contribution in [0.25, 0.3) is 16.3 Å². The van der Waals surface area contributed by atoms with E-state index in [1.165, 1.54) is 4.52 Å². The van der Waals surface area contributed by atoms with Crippen molar-refractivity contribution in [2.24, 2.45) is 0 Å². The first-order valence-corrected chi connectivity index (χ1v) is 9.98. The van der Waals surface area contributed by atoms with E-state index >= 15 is 0 Å². The first-order valence-electron chi connectivity index (χ1n) is 9.17. The Hall–Kier alpha value is -4.12. The number of rotatable bonds is 5. The van der Waals surface area contributed by atoms with Gasteiger partial charge in [-0.1, -0.05) is 23.5 Å². The van der Waals surface area contributed by atoms with Gasteiger partial charge in [0.15, 0.2) is 5.82 Å². The van der Waals surface area contributed by atoms with E-state index < -0.39 is 24.3 Å². The molecule has 0 unspecified atom stereocenters. The number of nitrogens with one attached hydrogen (secondary N) is 1. The van der Waals surface area contributed by atoms with Crippen molar-refractivity contribution in [2.45, 2.75) is 0 Å². The third-order valence-corrected chi connectivity index (χ3v) is 5.58. The Kier molecular flexibility index (Phi) is 4.44. The summed E-state index contributed by atoms with van der Waals surface area (Å²) < 4.78 is 6.67. The fourth-order valence-corrected chi connectivity index (χ4v) is 4.03. The molecule has 3 heterocycles. The van der Waals surface area contributed by atoms with E-state index in [4.69, 9.17) is 4.74 Å². The quantitative estimate of drug-likeness (QED) is 0.478. The SMILES string of the molecule is COc1ccc(-c2nnc3sc(NC(=O)CN4C(=O)c5ccccc5C4=O)nn23)cc1. The van der Waals surface area contributed by atoms with Gasteiger partial charge >= 0.3 is 0 Å². The molecule has 0 saturated carbocycles. The highest BCUT2D eigenvalue weighted by atomic mass is 32.1. The second-order valence-corrected chi connectivity index (χ2v) is 7.60. The Bertz CT molecular complexity index is 1310. The van der Waals surface area contributed by atoms with Crippen molar-refractivity contribution in [1.29, 1.82) is 0 Å². The molecular weight excluding hydrogens is 420 g/mol. The van der Waals surface area contributed by atoms with Gasteiger partial charge in [-0.3, -0.25) is 24.6 Å².